The second-order valence-corrected chi connectivity index (χ2v) is 3.41. The van der Waals surface area contributed by atoms with Gasteiger partial charge in [-0.25, -0.2) is 0 Å². The maximum atomic E-state index is 11.5. The first-order chi connectivity index (χ1) is 7.81. The molecule has 1 amide bonds. The summed E-state index contributed by atoms with van der Waals surface area (Å²) in [5.74, 6) is 0.468. The van der Waals surface area contributed by atoms with Gasteiger partial charge in [0.1, 0.15) is 0 Å². The van der Waals surface area contributed by atoms with Gasteiger partial charge in [-0.1, -0.05) is 12.1 Å². The van der Waals surface area contributed by atoms with Crippen molar-refractivity contribution in [2.75, 3.05) is 19.0 Å². The minimum absolute atomic E-state index is 0.0981. The lowest BCUT2D eigenvalue weighted by molar-refractivity contribution is -0.117. The van der Waals surface area contributed by atoms with Gasteiger partial charge in [0.2, 0.25) is 5.91 Å². The van der Waals surface area contributed by atoms with Crippen LogP contribution >= 0.6 is 0 Å². The van der Waals surface area contributed by atoms with Gasteiger partial charge < -0.3 is 10.1 Å². The van der Waals surface area contributed by atoms with E-state index in [1.807, 2.05) is 24.3 Å². The van der Waals surface area contributed by atoms with E-state index in [1.54, 1.807) is 7.11 Å². The Kier molecular flexibility index (Phi) is 3.16. The van der Waals surface area contributed by atoms with Crippen LogP contribution in [0, 0.1) is 0 Å². The van der Waals surface area contributed by atoms with Gasteiger partial charge >= 0.3 is 0 Å². The monoisotopic (exact) mass is 219 g/mol. The van der Waals surface area contributed by atoms with Crippen molar-refractivity contribution in [2.24, 2.45) is 0 Å². The number of methoxy groups -OCH3 is 1. The van der Waals surface area contributed by atoms with E-state index in [9.17, 15) is 4.79 Å². The van der Waals surface area contributed by atoms with Crippen LogP contribution < -0.4 is 5.32 Å². The van der Waals surface area contributed by atoms with Crippen molar-refractivity contribution in [1.29, 1.82) is 0 Å². The van der Waals surface area contributed by atoms with Crippen LogP contribution in [-0.4, -0.2) is 29.8 Å². The predicted octanol–water partition coefficient (Wildman–Crippen LogP) is 1.54. The van der Waals surface area contributed by atoms with Crippen LogP contribution in [0.5, 0.6) is 0 Å². The zero-order valence-electron chi connectivity index (χ0n) is 8.99. The highest BCUT2D eigenvalue weighted by Gasteiger charge is 2.08. The van der Waals surface area contributed by atoms with E-state index in [0.717, 1.165) is 10.9 Å². The molecule has 1 aromatic carbocycles. The highest BCUT2D eigenvalue weighted by molar-refractivity contribution is 5.99. The molecule has 84 valence electrons. The van der Waals surface area contributed by atoms with Gasteiger partial charge in [0.15, 0.2) is 5.82 Å². The molecule has 0 aliphatic heterocycles. The van der Waals surface area contributed by atoms with E-state index in [0.29, 0.717) is 18.8 Å². The van der Waals surface area contributed by atoms with Crippen LogP contribution in [0.2, 0.25) is 0 Å². The quantitative estimate of drug-likeness (QED) is 0.819. The van der Waals surface area contributed by atoms with Gasteiger partial charge in [0.25, 0.3) is 0 Å². The summed E-state index contributed by atoms with van der Waals surface area (Å²) in [5.41, 5.74) is 0.907. The fourth-order valence-corrected chi connectivity index (χ4v) is 1.45. The first-order valence-electron chi connectivity index (χ1n) is 5.03. The number of carbonyl (C=O) groups is 1. The standard InChI is InChI=1S/C11H13N3O2/c1-16-7-6-10(15)12-11-8-4-2-3-5-9(8)13-14-11/h2-5H,6-7H2,1H3,(H2,12,13,14,15). The third kappa shape index (κ3) is 2.20. The number of fused-ring (bicyclic) bond motifs is 1. The number of para-hydroxylation sites is 1. The Labute approximate surface area is 92.8 Å². The number of aromatic nitrogens is 2. The Morgan fingerprint density at radius 3 is 3.12 bits per heavy atom. The SMILES string of the molecule is COCCC(=O)Nc1n[nH]c2ccccc12. The largest absolute Gasteiger partial charge is 0.384 e. The Morgan fingerprint density at radius 2 is 2.31 bits per heavy atom. The molecule has 2 rings (SSSR count). The smallest absolute Gasteiger partial charge is 0.227 e. The first kappa shape index (κ1) is 10.6. The Hall–Kier alpha value is -1.88. The van der Waals surface area contributed by atoms with Gasteiger partial charge in [-0.2, -0.15) is 5.10 Å². The first-order valence-corrected chi connectivity index (χ1v) is 5.03. The Bertz CT molecular complexity index is 493. The zero-order valence-corrected chi connectivity index (χ0v) is 8.99. The summed E-state index contributed by atoms with van der Waals surface area (Å²) in [7, 11) is 1.57. The van der Waals surface area contributed by atoms with Gasteiger partial charge in [-0.15, -0.1) is 0 Å². The van der Waals surface area contributed by atoms with Gasteiger partial charge in [-0.3, -0.25) is 9.89 Å². The lowest BCUT2D eigenvalue weighted by Gasteiger charge is -2.01. The third-order valence-electron chi connectivity index (χ3n) is 2.26. The molecule has 5 nitrogen and oxygen atoms in total. The molecule has 2 aromatic rings. The lowest BCUT2D eigenvalue weighted by Crippen LogP contribution is -2.13. The molecular weight excluding hydrogens is 206 g/mol. The molecule has 0 radical (unpaired) electrons. The number of anilines is 1. The fourth-order valence-electron chi connectivity index (χ4n) is 1.45. The van der Waals surface area contributed by atoms with Crippen molar-refractivity contribution in [3.8, 4) is 0 Å². The van der Waals surface area contributed by atoms with E-state index in [-0.39, 0.29) is 5.91 Å². The van der Waals surface area contributed by atoms with E-state index >= 15 is 0 Å². The zero-order chi connectivity index (χ0) is 11.4. The Morgan fingerprint density at radius 1 is 1.50 bits per heavy atom. The summed E-state index contributed by atoms with van der Waals surface area (Å²) in [6, 6.07) is 7.64. The molecule has 0 fully saturated rings. The summed E-state index contributed by atoms with van der Waals surface area (Å²) < 4.78 is 4.83. The van der Waals surface area contributed by atoms with Crippen molar-refractivity contribution >= 4 is 22.6 Å². The number of benzene rings is 1. The lowest BCUT2D eigenvalue weighted by atomic mass is 10.2. The second-order valence-electron chi connectivity index (χ2n) is 3.41. The van der Waals surface area contributed by atoms with Crippen LogP contribution in [0.25, 0.3) is 10.9 Å². The van der Waals surface area contributed by atoms with Crippen LogP contribution in [0.15, 0.2) is 24.3 Å². The average Bonchev–Trinajstić information content (AvgIpc) is 2.70. The van der Waals surface area contributed by atoms with Crippen molar-refractivity contribution in [1.82, 2.24) is 10.2 Å². The molecule has 0 saturated heterocycles. The molecule has 0 aliphatic rings. The van der Waals surface area contributed by atoms with Gasteiger partial charge in [0.05, 0.1) is 18.5 Å². The van der Waals surface area contributed by atoms with Crippen LogP contribution in [0.4, 0.5) is 5.82 Å². The van der Waals surface area contributed by atoms with Crippen LogP contribution in [-0.2, 0) is 9.53 Å². The van der Waals surface area contributed by atoms with Crippen LogP contribution in [0.1, 0.15) is 6.42 Å². The maximum absolute atomic E-state index is 11.5. The number of hydrogen-bond donors (Lipinski definition) is 2. The summed E-state index contributed by atoms with van der Waals surface area (Å²) >= 11 is 0. The van der Waals surface area contributed by atoms with E-state index < -0.39 is 0 Å². The summed E-state index contributed by atoms with van der Waals surface area (Å²) in [6.07, 6.45) is 0.331. The number of rotatable bonds is 4. The number of nitrogens with zero attached hydrogens (tertiary/aromatic N) is 1. The number of amides is 1. The molecule has 0 unspecified atom stereocenters. The van der Waals surface area contributed by atoms with E-state index in [1.165, 1.54) is 0 Å². The normalized spacial score (nSPS) is 10.6. The third-order valence-corrected chi connectivity index (χ3v) is 2.26. The number of hydrogen-bond acceptors (Lipinski definition) is 3. The number of H-pyrrole nitrogens is 1. The maximum Gasteiger partial charge on any atom is 0.227 e. The molecule has 0 saturated carbocycles. The number of aromatic amines is 1. The van der Waals surface area contributed by atoms with Crippen LogP contribution in [0.3, 0.4) is 0 Å². The topological polar surface area (TPSA) is 67.0 Å². The molecule has 5 heteroatoms. The minimum atomic E-state index is -0.0981. The predicted molar refractivity (Wildman–Crippen MR) is 61.2 cm³/mol. The number of ether oxygens (including phenoxy) is 1. The number of nitrogens with one attached hydrogen (secondary N) is 2. The molecule has 1 heterocycles. The summed E-state index contributed by atoms with van der Waals surface area (Å²) in [5, 5.41) is 10.5. The number of carbonyl (C=O) groups excluding carboxylic acids is 1. The second kappa shape index (κ2) is 4.76. The molecular formula is C11H13N3O2. The Balaban J connectivity index is 2.12. The molecule has 0 atom stereocenters. The van der Waals surface area contributed by atoms with Gasteiger partial charge in [-0.05, 0) is 12.1 Å². The van der Waals surface area contributed by atoms with E-state index in [2.05, 4.69) is 15.5 Å². The molecule has 2 N–H and O–H groups in total. The van der Waals surface area contributed by atoms with Gasteiger partial charge in [0, 0.05) is 12.5 Å². The van der Waals surface area contributed by atoms with E-state index in [4.69, 9.17) is 4.74 Å². The molecule has 0 aliphatic carbocycles. The minimum Gasteiger partial charge on any atom is -0.384 e. The van der Waals surface area contributed by atoms with Crippen molar-refractivity contribution in [3.05, 3.63) is 24.3 Å². The molecule has 16 heavy (non-hydrogen) atoms. The summed E-state index contributed by atoms with van der Waals surface area (Å²) in [4.78, 5) is 11.5. The molecule has 1 aromatic heterocycles. The molecule has 0 spiro atoms. The highest BCUT2D eigenvalue weighted by Crippen LogP contribution is 2.19. The average molecular weight is 219 g/mol. The van der Waals surface area contributed by atoms with Crippen molar-refractivity contribution in [2.45, 2.75) is 6.42 Å². The molecule has 0 bridgehead atoms. The summed E-state index contributed by atoms with van der Waals surface area (Å²) in [6.45, 7) is 0.411. The van der Waals surface area contributed by atoms with Crippen molar-refractivity contribution < 1.29 is 9.53 Å². The van der Waals surface area contributed by atoms with Crippen molar-refractivity contribution in [3.63, 3.8) is 0 Å². The fraction of sp³-hybridized carbons (Fsp3) is 0.273. The highest BCUT2D eigenvalue weighted by atomic mass is 16.5.